The molecule has 0 radical (unpaired) electrons. The van der Waals surface area contributed by atoms with Gasteiger partial charge in [0.25, 0.3) is 0 Å². The molecular formula is C15H16ClF3N2O2S. The van der Waals surface area contributed by atoms with Crippen molar-refractivity contribution < 1.29 is 22.7 Å². The highest BCUT2D eigenvalue weighted by molar-refractivity contribution is 7.22. The third kappa shape index (κ3) is 4.73. The van der Waals surface area contributed by atoms with E-state index in [0.717, 1.165) is 43.4 Å². The van der Waals surface area contributed by atoms with Gasteiger partial charge in [-0.25, -0.2) is 4.98 Å². The van der Waals surface area contributed by atoms with Gasteiger partial charge in [0.15, 0.2) is 5.13 Å². The average molecular weight is 381 g/mol. The summed E-state index contributed by atoms with van der Waals surface area (Å²) in [6.45, 7) is 0. The molecule has 1 aliphatic rings. The molecule has 0 atom stereocenters. The van der Waals surface area contributed by atoms with Crippen molar-refractivity contribution in [2.45, 2.75) is 38.5 Å². The summed E-state index contributed by atoms with van der Waals surface area (Å²) in [6.07, 6.45) is 0.288. The zero-order chi connectivity index (χ0) is 16.4. The molecule has 24 heavy (non-hydrogen) atoms. The molecule has 1 heterocycles. The van der Waals surface area contributed by atoms with Crippen molar-refractivity contribution in [3.63, 3.8) is 0 Å². The largest absolute Gasteiger partial charge is 0.573 e. The lowest BCUT2D eigenvalue weighted by Gasteiger charge is -2.19. The lowest BCUT2D eigenvalue weighted by atomic mass is 9.89. The maximum Gasteiger partial charge on any atom is 0.573 e. The summed E-state index contributed by atoms with van der Waals surface area (Å²) in [4.78, 5) is 16.4. The van der Waals surface area contributed by atoms with E-state index in [1.54, 1.807) is 0 Å². The number of rotatable bonds is 3. The number of anilines is 1. The minimum atomic E-state index is -4.73. The van der Waals surface area contributed by atoms with E-state index in [9.17, 15) is 18.0 Å². The van der Waals surface area contributed by atoms with Crippen LogP contribution in [0.25, 0.3) is 10.2 Å². The minimum Gasteiger partial charge on any atom is -0.406 e. The number of amides is 1. The molecule has 1 aromatic carbocycles. The molecular weight excluding hydrogens is 365 g/mol. The van der Waals surface area contributed by atoms with Gasteiger partial charge in [0, 0.05) is 12.0 Å². The first kappa shape index (κ1) is 18.8. The van der Waals surface area contributed by atoms with E-state index in [1.165, 1.54) is 18.2 Å². The quantitative estimate of drug-likeness (QED) is 0.802. The van der Waals surface area contributed by atoms with Crippen molar-refractivity contribution in [3.05, 3.63) is 18.2 Å². The maximum absolute atomic E-state index is 12.2. The predicted octanol–water partition coefficient (Wildman–Crippen LogP) is 5.14. The summed E-state index contributed by atoms with van der Waals surface area (Å²) in [6, 6.07) is 3.93. The van der Waals surface area contributed by atoms with Crippen molar-refractivity contribution in [3.8, 4) is 5.75 Å². The summed E-state index contributed by atoms with van der Waals surface area (Å²) in [5.74, 6) is -0.353. The van der Waals surface area contributed by atoms with Crippen LogP contribution in [-0.4, -0.2) is 17.3 Å². The van der Waals surface area contributed by atoms with E-state index in [4.69, 9.17) is 0 Å². The minimum absolute atomic E-state index is 0. The second-order valence-corrected chi connectivity index (χ2v) is 6.55. The van der Waals surface area contributed by atoms with Gasteiger partial charge in [-0.2, -0.15) is 0 Å². The maximum atomic E-state index is 12.2. The number of carbonyl (C=O) groups is 1. The van der Waals surface area contributed by atoms with Crippen molar-refractivity contribution in [1.29, 1.82) is 0 Å². The van der Waals surface area contributed by atoms with E-state index in [1.807, 2.05) is 0 Å². The fraction of sp³-hybridized carbons (Fsp3) is 0.467. The van der Waals surface area contributed by atoms with Gasteiger partial charge >= 0.3 is 6.36 Å². The smallest absolute Gasteiger partial charge is 0.406 e. The molecule has 1 aromatic heterocycles. The van der Waals surface area contributed by atoms with Crippen LogP contribution < -0.4 is 10.1 Å². The van der Waals surface area contributed by atoms with Gasteiger partial charge in [-0.1, -0.05) is 30.6 Å². The van der Waals surface area contributed by atoms with Crippen molar-refractivity contribution in [1.82, 2.24) is 4.98 Å². The van der Waals surface area contributed by atoms with Crippen molar-refractivity contribution in [2.24, 2.45) is 5.92 Å². The monoisotopic (exact) mass is 380 g/mol. The Kier molecular flexibility index (Phi) is 5.92. The van der Waals surface area contributed by atoms with Gasteiger partial charge in [0.1, 0.15) is 5.75 Å². The number of halogens is 4. The summed E-state index contributed by atoms with van der Waals surface area (Å²) in [7, 11) is 0. The first-order chi connectivity index (χ1) is 10.9. The van der Waals surface area contributed by atoms with Gasteiger partial charge < -0.3 is 10.1 Å². The van der Waals surface area contributed by atoms with E-state index < -0.39 is 6.36 Å². The molecule has 0 aliphatic heterocycles. The SMILES string of the molecule is Cl.O=C(Nc1nc2ccc(OC(F)(F)F)cc2s1)C1CCCCC1. The van der Waals surface area contributed by atoms with Crippen LogP contribution in [0.4, 0.5) is 18.3 Å². The number of nitrogens with zero attached hydrogens (tertiary/aromatic N) is 1. The van der Waals surface area contributed by atoms with E-state index >= 15 is 0 Å². The molecule has 132 valence electrons. The number of thiazole rings is 1. The lowest BCUT2D eigenvalue weighted by Crippen LogP contribution is -2.24. The first-order valence-electron chi connectivity index (χ1n) is 7.38. The van der Waals surface area contributed by atoms with Crippen LogP contribution in [0, 0.1) is 5.92 Å². The fourth-order valence-electron chi connectivity index (χ4n) is 2.73. The first-order valence-corrected chi connectivity index (χ1v) is 8.19. The Hall–Kier alpha value is -1.54. The highest BCUT2D eigenvalue weighted by Crippen LogP contribution is 2.32. The zero-order valence-corrected chi connectivity index (χ0v) is 14.2. The number of carbonyl (C=O) groups excluding carboxylic acids is 1. The highest BCUT2D eigenvalue weighted by Gasteiger charge is 2.31. The number of nitrogens with one attached hydrogen (secondary N) is 1. The van der Waals surface area contributed by atoms with E-state index in [0.29, 0.717) is 15.3 Å². The number of ether oxygens (including phenoxy) is 1. The normalized spacial score (nSPS) is 15.8. The number of hydrogen-bond donors (Lipinski definition) is 1. The topological polar surface area (TPSA) is 51.2 Å². The van der Waals surface area contributed by atoms with Gasteiger partial charge in [-0.3, -0.25) is 4.79 Å². The molecule has 0 spiro atoms. The molecule has 4 nitrogen and oxygen atoms in total. The molecule has 1 aliphatic carbocycles. The number of alkyl halides is 3. The third-order valence-electron chi connectivity index (χ3n) is 3.80. The van der Waals surface area contributed by atoms with Crippen LogP contribution in [0.3, 0.4) is 0 Å². The zero-order valence-electron chi connectivity index (χ0n) is 12.6. The van der Waals surface area contributed by atoms with Crippen LogP contribution in [0.5, 0.6) is 5.75 Å². The van der Waals surface area contributed by atoms with Gasteiger partial charge in [0.2, 0.25) is 5.91 Å². The van der Waals surface area contributed by atoms with E-state index in [-0.39, 0.29) is 30.0 Å². The standard InChI is InChI=1S/C15H15F3N2O2S.ClH/c16-15(17,18)22-10-6-7-11-12(8-10)23-14(19-11)20-13(21)9-4-2-1-3-5-9;/h6-9H,1-5H2,(H,19,20,21);1H. The Morgan fingerprint density at radius 3 is 2.62 bits per heavy atom. The van der Waals surface area contributed by atoms with Gasteiger partial charge in [0.05, 0.1) is 10.2 Å². The Labute approximate surface area is 146 Å². The van der Waals surface area contributed by atoms with E-state index in [2.05, 4.69) is 15.0 Å². The summed E-state index contributed by atoms with van der Waals surface area (Å²) < 4.78 is 41.1. The van der Waals surface area contributed by atoms with Crippen LogP contribution in [0.2, 0.25) is 0 Å². The molecule has 9 heteroatoms. The molecule has 0 saturated heterocycles. The molecule has 2 aromatic rings. The van der Waals surface area contributed by atoms with Crippen molar-refractivity contribution in [2.75, 3.05) is 5.32 Å². The molecule has 1 amide bonds. The summed E-state index contributed by atoms with van der Waals surface area (Å²) >= 11 is 1.14. The second-order valence-electron chi connectivity index (χ2n) is 5.52. The van der Waals surface area contributed by atoms with Gasteiger partial charge in [-0.05, 0) is 25.0 Å². The predicted molar refractivity (Wildman–Crippen MR) is 88.8 cm³/mol. The molecule has 1 saturated carbocycles. The summed E-state index contributed by atoms with van der Waals surface area (Å²) in [5, 5.41) is 3.18. The van der Waals surface area contributed by atoms with Crippen LogP contribution in [0.1, 0.15) is 32.1 Å². The van der Waals surface area contributed by atoms with Crippen LogP contribution in [0.15, 0.2) is 18.2 Å². The Morgan fingerprint density at radius 2 is 1.96 bits per heavy atom. The van der Waals surface area contributed by atoms with Gasteiger partial charge in [-0.15, -0.1) is 25.6 Å². The average Bonchev–Trinajstić information content (AvgIpc) is 2.88. The number of aromatic nitrogens is 1. The Morgan fingerprint density at radius 1 is 1.25 bits per heavy atom. The molecule has 0 bridgehead atoms. The number of benzene rings is 1. The highest BCUT2D eigenvalue weighted by atomic mass is 35.5. The summed E-state index contributed by atoms with van der Waals surface area (Å²) in [5.41, 5.74) is 0.531. The Bertz CT molecular complexity index is 714. The molecule has 0 unspecified atom stereocenters. The van der Waals surface area contributed by atoms with Crippen molar-refractivity contribution >= 4 is 45.0 Å². The molecule has 1 fully saturated rings. The molecule has 1 N–H and O–H groups in total. The number of hydrogen-bond acceptors (Lipinski definition) is 4. The van der Waals surface area contributed by atoms with Crippen LogP contribution >= 0.6 is 23.7 Å². The Balaban J connectivity index is 0.00000208. The molecule has 3 rings (SSSR count). The number of fused-ring (bicyclic) bond motifs is 1. The second kappa shape index (κ2) is 7.57. The third-order valence-corrected chi connectivity index (χ3v) is 4.73. The lowest BCUT2D eigenvalue weighted by molar-refractivity contribution is -0.274. The fourth-order valence-corrected chi connectivity index (χ4v) is 3.63. The van der Waals surface area contributed by atoms with Crippen LogP contribution in [-0.2, 0) is 4.79 Å².